The number of piperidine rings is 1. The molecule has 5 heteroatoms. The Labute approximate surface area is 119 Å². The minimum atomic E-state index is 0.652. The average molecular weight is 324 g/mol. The van der Waals surface area contributed by atoms with Crippen molar-refractivity contribution in [2.24, 2.45) is 5.92 Å². The van der Waals surface area contributed by atoms with E-state index in [-0.39, 0.29) is 0 Å². The second kappa shape index (κ2) is 11.2. The Morgan fingerprint density at radius 2 is 1.83 bits per heavy atom. The summed E-state index contributed by atoms with van der Waals surface area (Å²) in [5.74, 6) is 0.816. The number of methoxy groups -OCH3 is 1. The monoisotopic (exact) mass is 323 g/mol. The van der Waals surface area contributed by atoms with Crippen molar-refractivity contribution < 1.29 is 14.2 Å². The summed E-state index contributed by atoms with van der Waals surface area (Å²) in [5, 5.41) is 1.12. The summed E-state index contributed by atoms with van der Waals surface area (Å²) in [6, 6.07) is 0. The second-order valence-electron chi connectivity index (χ2n) is 4.68. The Kier molecular flexibility index (Phi) is 10.2. The van der Waals surface area contributed by atoms with Gasteiger partial charge in [-0.25, -0.2) is 0 Å². The van der Waals surface area contributed by atoms with Gasteiger partial charge in [-0.3, -0.25) is 0 Å². The molecule has 1 aliphatic heterocycles. The van der Waals surface area contributed by atoms with E-state index in [9.17, 15) is 0 Å². The lowest BCUT2D eigenvalue weighted by Crippen LogP contribution is -2.38. The van der Waals surface area contributed by atoms with Crippen LogP contribution in [0, 0.1) is 5.92 Å². The van der Waals surface area contributed by atoms with Crippen molar-refractivity contribution in [1.29, 1.82) is 0 Å². The van der Waals surface area contributed by atoms with Gasteiger partial charge in [-0.2, -0.15) is 0 Å². The fourth-order valence-electron chi connectivity index (χ4n) is 2.14. The zero-order chi connectivity index (χ0) is 13.1. The number of ether oxygens (including phenoxy) is 3. The van der Waals surface area contributed by atoms with Crippen molar-refractivity contribution >= 4 is 15.9 Å². The molecule has 0 aromatic carbocycles. The number of halogens is 1. The third-order valence-electron chi connectivity index (χ3n) is 3.18. The van der Waals surface area contributed by atoms with E-state index >= 15 is 0 Å². The van der Waals surface area contributed by atoms with Gasteiger partial charge in [0.2, 0.25) is 0 Å². The van der Waals surface area contributed by atoms with Crippen LogP contribution in [0.4, 0.5) is 0 Å². The van der Waals surface area contributed by atoms with E-state index < -0.39 is 0 Å². The predicted octanol–water partition coefficient (Wildman–Crippen LogP) is 1.77. The lowest BCUT2D eigenvalue weighted by molar-refractivity contribution is 0.0171. The van der Waals surface area contributed by atoms with Gasteiger partial charge < -0.3 is 19.1 Å². The topological polar surface area (TPSA) is 30.9 Å². The molecule has 0 saturated carbocycles. The Balaban J connectivity index is 1.88. The maximum Gasteiger partial charge on any atom is 0.0701 e. The molecule has 0 aromatic heterocycles. The molecule has 1 atom stereocenters. The van der Waals surface area contributed by atoms with Crippen molar-refractivity contribution in [2.45, 2.75) is 12.8 Å². The number of hydrogen-bond acceptors (Lipinski definition) is 4. The Hall–Kier alpha value is 0.320. The zero-order valence-corrected chi connectivity index (χ0v) is 13.0. The molecule has 0 spiro atoms. The van der Waals surface area contributed by atoms with Crippen LogP contribution in [0.25, 0.3) is 0 Å². The van der Waals surface area contributed by atoms with Crippen LogP contribution in [-0.2, 0) is 14.2 Å². The van der Waals surface area contributed by atoms with E-state index in [4.69, 9.17) is 14.2 Å². The molecule has 1 fully saturated rings. The van der Waals surface area contributed by atoms with Crippen molar-refractivity contribution in [2.75, 3.05) is 65.1 Å². The van der Waals surface area contributed by atoms with Gasteiger partial charge in [0.15, 0.2) is 0 Å². The molecule has 1 heterocycles. The molecule has 108 valence electrons. The van der Waals surface area contributed by atoms with Gasteiger partial charge in [-0.05, 0) is 25.3 Å². The van der Waals surface area contributed by atoms with Crippen LogP contribution in [-0.4, -0.2) is 70.0 Å². The predicted molar refractivity (Wildman–Crippen MR) is 76.5 cm³/mol. The normalized spacial score (nSPS) is 21.3. The fraction of sp³-hybridized carbons (Fsp3) is 1.00. The molecular formula is C13H26BrNO3. The van der Waals surface area contributed by atoms with Gasteiger partial charge >= 0.3 is 0 Å². The third kappa shape index (κ3) is 7.69. The quantitative estimate of drug-likeness (QED) is 0.453. The molecule has 1 aliphatic rings. The molecule has 1 rings (SSSR count). The summed E-state index contributed by atoms with van der Waals surface area (Å²) in [7, 11) is 1.68. The molecule has 4 nitrogen and oxygen atoms in total. The Bertz CT molecular complexity index is 195. The van der Waals surface area contributed by atoms with Gasteiger partial charge in [-0.15, -0.1) is 0 Å². The Morgan fingerprint density at radius 3 is 2.56 bits per heavy atom. The summed E-state index contributed by atoms with van der Waals surface area (Å²) in [6.45, 7) is 6.92. The Morgan fingerprint density at radius 1 is 1.11 bits per heavy atom. The SMILES string of the molecule is COCCOCCOCCN1CCCC(CBr)C1. The molecule has 0 amide bonds. The molecule has 18 heavy (non-hydrogen) atoms. The number of likely N-dealkylation sites (tertiary alicyclic amines) is 1. The van der Waals surface area contributed by atoms with Crippen molar-refractivity contribution in [3.63, 3.8) is 0 Å². The molecule has 0 aliphatic carbocycles. The highest BCUT2D eigenvalue weighted by atomic mass is 79.9. The van der Waals surface area contributed by atoms with E-state index in [1.165, 1.54) is 25.9 Å². The van der Waals surface area contributed by atoms with Crippen LogP contribution in [0.2, 0.25) is 0 Å². The second-order valence-corrected chi connectivity index (χ2v) is 5.33. The van der Waals surface area contributed by atoms with Crippen LogP contribution in [0.5, 0.6) is 0 Å². The maximum absolute atomic E-state index is 5.57. The highest BCUT2D eigenvalue weighted by Crippen LogP contribution is 2.17. The molecule has 1 unspecified atom stereocenters. The maximum atomic E-state index is 5.57. The van der Waals surface area contributed by atoms with Gasteiger partial charge in [0.05, 0.1) is 33.0 Å². The minimum Gasteiger partial charge on any atom is -0.382 e. The molecule has 0 bridgehead atoms. The van der Waals surface area contributed by atoms with E-state index in [1.54, 1.807) is 7.11 Å². The molecule has 1 saturated heterocycles. The van der Waals surface area contributed by atoms with Crippen LogP contribution < -0.4 is 0 Å². The lowest BCUT2D eigenvalue weighted by Gasteiger charge is -2.31. The average Bonchev–Trinajstić information content (AvgIpc) is 2.42. The van der Waals surface area contributed by atoms with E-state index in [0.717, 1.165) is 24.4 Å². The number of rotatable bonds is 10. The van der Waals surface area contributed by atoms with E-state index in [1.807, 2.05) is 0 Å². The first-order valence-corrected chi connectivity index (χ1v) is 7.91. The highest BCUT2D eigenvalue weighted by molar-refractivity contribution is 9.09. The van der Waals surface area contributed by atoms with Gasteiger partial charge in [0.1, 0.15) is 0 Å². The number of nitrogens with zero attached hydrogens (tertiary/aromatic N) is 1. The van der Waals surface area contributed by atoms with Crippen molar-refractivity contribution in [3.8, 4) is 0 Å². The van der Waals surface area contributed by atoms with Crippen LogP contribution in [0.1, 0.15) is 12.8 Å². The third-order valence-corrected chi connectivity index (χ3v) is 4.09. The van der Waals surface area contributed by atoms with E-state index in [2.05, 4.69) is 20.8 Å². The van der Waals surface area contributed by atoms with Crippen LogP contribution in [0.3, 0.4) is 0 Å². The summed E-state index contributed by atoms with van der Waals surface area (Å²) in [5.41, 5.74) is 0. The van der Waals surface area contributed by atoms with Crippen LogP contribution >= 0.6 is 15.9 Å². The van der Waals surface area contributed by atoms with Gasteiger partial charge in [0, 0.05) is 25.5 Å². The largest absolute Gasteiger partial charge is 0.382 e. The smallest absolute Gasteiger partial charge is 0.0701 e. The summed E-state index contributed by atoms with van der Waals surface area (Å²) in [4.78, 5) is 2.50. The first-order chi connectivity index (χ1) is 8.86. The van der Waals surface area contributed by atoms with Crippen LogP contribution in [0.15, 0.2) is 0 Å². The molecule has 0 aromatic rings. The summed E-state index contributed by atoms with van der Waals surface area (Å²) >= 11 is 3.58. The van der Waals surface area contributed by atoms with E-state index in [0.29, 0.717) is 26.4 Å². The number of alkyl halides is 1. The molecule has 0 radical (unpaired) electrons. The minimum absolute atomic E-state index is 0.652. The summed E-state index contributed by atoms with van der Waals surface area (Å²) in [6.07, 6.45) is 2.67. The lowest BCUT2D eigenvalue weighted by atomic mass is 10.0. The molecular weight excluding hydrogens is 298 g/mol. The first kappa shape index (κ1) is 16.4. The zero-order valence-electron chi connectivity index (χ0n) is 11.4. The highest BCUT2D eigenvalue weighted by Gasteiger charge is 2.18. The van der Waals surface area contributed by atoms with Gasteiger partial charge in [-0.1, -0.05) is 15.9 Å². The number of hydrogen-bond donors (Lipinski definition) is 0. The first-order valence-electron chi connectivity index (χ1n) is 6.79. The van der Waals surface area contributed by atoms with Crippen molar-refractivity contribution in [3.05, 3.63) is 0 Å². The molecule has 0 N–H and O–H groups in total. The van der Waals surface area contributed by atoms with Gasteiger partial charge in [0.25, 0.3) is 0 Å². The van der Waals surface area contributed by atoms with Crippen molar-refractivity contribution in [1.82, 2.24) is 4.90 Å². The standard InChI is InChI=1S/C13H26BrNO3/c1-16-7-8-18-10-9-17-6-5-15-4-2-3-13(11-14)12-15/h13H,2-12H2,1H3. The fourth-order valence-corrected chi connectivity index (χ4v) is 2.67. The summed E-state index contributed by atoms with van der Waals surface area (Å²) < 4.78 is 15.8.